The predicted molar refractivity (Wildman–Crippen MR) is 114 cm³/mol. The molecule has 3 rings (SSSR count). The summed E-state index contributed by atoms with van der Waals surface area (Å²) in [5, 5.41) is 9.74. The van der Waals surface area contributed by atoms with Gasteiger partial charge in [0.15, 0.2) is 23.9 Å². The number of benzene rings is 2. The molecule has 2 aromatic carbocycles. The molecule has 6 nitrogen and oxygen atoms in total. The van der Waals surface area contributed by atoms with Crippen LogP contribution in [-0.2, 0) is 4.79 Å². The number of carbonyl (C=O) groups is 2. The molecule has 0 aliphatic rings. The lowest BCUT2D eigenvalue weighted by Crippen LogP contribution is -2.10. The molecule has 154 valence electrons. The van der Waals surface area contributed by atoms with Gasteiger partial charge < -0.3 is 19.0 Å². The van der Waals surface area contributed by atoms with Gasteiger partial charge in [0.05, 0.1) is 12.1 Å². The maximum atomic E-state index is 12.5. The van der Waals surface area contributed by atoms with Crippen LogP contribution in [0.25, 0.3) is 17.4 Å². The number of methoxy groups -OCH3 is 1. The summed E-state index contributed by atoms with van der Waals surface area (Å²) < 4.78 is 16.0. The van der Waals surface area contributed by atoms with Crippen molar-refractivity contribution in [1.82, 2.24) is 0 Å². The van der Waals surface area contributed by atoms with Gasteiger partial charge >= 0.3 is 5.97 Å². The van der Waals surface area contributed by atoms with Crippen LogP contribution in [0.15, 0.2) is 59.0 Å². The van der Waals surface area contributed by atoms with E-state index in [-0.39, 0.29) is 17.3 Å². The number of hydrogen-bond acceptors (Lipinski definition) is 5. The minimum Gasteiger partial charge on any atom is -0.493 e. The van der Waals surface area contributed by atoms with E-state index in [0.29, 0.717) is 32.7 Å². The third-order valence-corrected chi connectivity index (χ3v) is 4.58. The SMILES string of the molecule is COc1cc(C(=O)/C=C/c2ccc(-c3cc(Cl)ccc3Cl)o2)ccc1OCC(=O)O. The number of furan rings is 1. The van der Waals surface area contributed by atoms with Crippen molar-refractivity contribution in [2.45, 2.75) is 0 Å². The molecule has 0 fully saturated rings. The fraction of sp³-hybridized carbons (Fsp3) is 0.0909. The van der Waals surface area contributed by atoms with Gasteiger partial charge in [-0.2, -0.15) is 0 Å². The lowest BCUT2D eigenvalue weighted by molar-refractivity contribution is -0.139. The van der Waals surface area contributed by atoms with Gasteiger partial charge in [-0.25, -0.2) is 4.79 Å². The van der Waals surface area contributed by atoms with E-state index >= 15 is 0 Å². The molecule has 0 spiro atoms. The predicted octanol–water partition coefficient (Wildman–Crippen LogP) is 5.62. The Balaban J connectivity index is 1.75. The normalized spacial score (nSPS) is 10.9. The number of ether oxygens (including phenoxy) is 2. The van der Waals surface area contributed by atoms with Crippen LogP contribution < -0.4 is 9.47 Å². The summed E-state index contributed by atoms with van der Waals surface area (Å²) in [6.07, 6.45) is 2.89. The Morgan fingerprint density at radius 1 is 1.07 bits per heavy atom. The first-order chi connectivity index (χ1) is 14.4. The molecule has 0 aliphatic carbocycles. The van der Waals surface area contributed by atoms with Gasteiger partial charge in [0.25, 0.3) is 0 Å². The first-order valence-electron chi connectivity index (χ1n) is 8.67. The molecule has 0 unspecified atom stereocenters. The first kappa shape index (κ1) is 21.5. The third kappa shape index (κ3) is 5.23. The number of halogens is 2. The van der Waals surface area contributed by atoms with Crippen molar-refractivity contribution in [1.29, 1.82) is 0 Å². The van der Waals surface area contributed by atoms with Crippen LogP contribution in [0.2, 0.25) is 10.0 Å². The Kier molecular flexibility index (Phi) is 6.82. The van der Waals surface area contributed by atoms with Gasteiger partial charge in [0, 0.05) is 16.1 Å². The number of carbonyl (C=O) groups excluding carboxylic acids is 1. The summed E-state index contributed by atoms with van der Waals surface area (Å²) in [5.41, 5.74) is 0.993. The molecule has 0 bridgehead atoms. The minimum atomic E-state index is -1.11. The van der Waals surface area contributed by atoms with Crippen LogP contribution in [0.1, 0.15) is 16.1 Å². The highest BCUT2D eigenvalue weighted by Crippen LogP contribution is 2.32. The van der Waals surface area contributed by atoms with Crippen molar-refractivity contribution in [3.8, 4) is 22.8 Å². The van der Waals surface area contributed by atoms with Crippen LogP contribution in [0.5, 0.6) is 11.5 Å². The van der Waals surface area contributed by atoms with Crippen molar-refractivity contribution in [2.24, 2.45) is 0 Å². The Bertz CT molecular complexity index is 1120. The number of rotatable bonds is 8. The molecular formula is C22H16Cl2O6. The van der Waals surface area contributed by atoms with E-state index in [4.69, 9.17) is 42.2 Å². The zero-order chi connectivity index (χ0) is 21.7. The van der Waals surface area contributed by atoms with Gasteiger partial charge in [-0.3, -0.25) is 4.79 Å². The van der Waals surface area contributed by atoms with E-state index in [9.17, 15) is 9.59 Å². The fourth-order valence-electron chi connectivity index (χ4n) is 2.61. The van der Waals surface area contributed by atoms with E-state index in [1.54, 1.807) is 30.3 Å². The summed E-state index contributed by atoms with van der Waals surface area (Å²) in [7, 11) is 1.40. The molecule has 30 heavy (non-hydrogen) atoms. The molecule has 0 saturated heterocycles. The maximum absolute atomic E-state index is 12.5. The average molecular weight is 447 g/mol. The highest BCUT2D eigenvalue weighted by molar-refractivity contribution is 6.35. The van der Waals surface area contributed by atoms with Crippen molar-refractivity contribution in [3.63, 3.8) is 0 Å². The summed E-state index contributed by atoms with van der Waals surface area (Å²) in [6, 6.07) is 13.0. The van der Waals surface area contributed by atoms with Gasteiger partial charge in [0.1, 0.15) is 11.5 Å². The highest BCUT2D eigenvalue weighted by Gasteiger charge is 2.12. The van der Waals surface area contributed by atoms with Crippen LogP contribution in [0, 0.1) is 0 Å². The van der Waals surface area contributed by atoms with E-state index in [1.807, 2.05) is 0 Å². The van der Waals surface area contributed by atoms with E-state index in [0.717, 1.165) is 0 Å². The third-order valence-electron chi connectivity index (χ3n) is 4.02. The van der Waals surface area contributed by atoms with Gasteiger partial charge in [-0.1, -0.05) is 23.2 Å². The quantitative estimate of drug-likeness (QED) is 0.356. The molecule has 0 atom stereocenters. The minimum absolute atomic E-state index is 0.231. The molecular weight excluding hydrogens is 431 g/mol. The second-order valence-corrected chi connectivity index (χ2v) is 6.92. The number of ketones is 1. The molecule has 0 saturated carbocycles. The summed E-state index contributed by atoms with van der Waals surface area (Å²) in [6.45, 7) is -0.513. The molecule has 8 heteroatoms. The van der Waals surface area contributed by atoms with Crippen LogP contribution in [0.3, 0.4) is 0 Å². The van der Waals surface area contributed by atoms with Crippen molar-refractivity contribution in [2.75, 3.05) is 13.7 Å². The first-order valence-corrected chi connectivity index (χ1v) is 9.43. The number of hydrogen-bond donors (Lipinski definition) is 1. The average Bonchev–Trinajstić information content (AvgIpc) is 3.20. The van der Waals surface area contributed by atoms with Crippen LogP contribution in [-0.4, -0.2) is 30.6 Å². The van der Waals surface area contributed by atoms with Crippen molar-refractivity contribution in [3.05, 3.63) is 76.0 Å². The van der Waals surface area contributed by atoms with Crippen molar-refractivity contribution >= 4 is 41.0 Å². The molecule has 0 radical (unpaired) electrons. The Labute approximate surface area is 182 Å². The highest BCUT2D eigenvalue weighted by atomic mass is 35.5. The monoisotopic (exact) mass is 446 g/mol. The number of carboxylic acids is 1. The van der Waals surface area contributed by atoms with E-state index < -0.39 is 12.6 Å². The number of aliphatic carboxylic acids is 1. The lowest BCUT2D eigenvalue weighted by Gasteiger charge is -2.09. The number of carboxylic acid groups (broad SMARTS) is 1. The van der Waals surface area contributed by atoms with Gasteiger partial charge in [-0.05, 0) is 60.7 Å². The molecule has 0 aliphatic heterocycles. The molecule has 1 N–H and O–H groups in total. The zero-order valence-electron chi connectivity index (χ0n) is 15.7. The Hall–Kier alpha value is -3.22. The van der Waals surface area contributed by atoms with E-state index in [1.165, 1.54) is 37.5 Å². The topological polar surface area (TPSA) is 86.0 Å². The largest absolute Gasteiger partial charge is 0.493 e. The Morgan fingerprint density at radius 2 is 1.87 bits per heavy atom. The van der Waals surface area contributed by atoms with Crippen LogP contribution >= 0.6 is 23.2 Å². The summed E-state index contributed by atoms with van der Waals surface area (Å²) >= 11 is 12.2. The van der Waals surface area contributed by atoms with E-state index in [2.05, 4.69) is 0 Å². The molecule has 0 amide bonds. The summed E-state index contributed by atoms with van der Waals surface area (Å²) in [5.74, 6) is 0.0636. The molecule has 1 heterocycles. The second-order valence-electron chi connectivity index (χ2n) is 6.07. The smallest absolute Gasteiger partial charge is 0.341 e. The zero-order valence-corrected chi connectivity index (χ0v) is 17.2. The number of allylic oxidation sites excluding steroid dienone is 1. The maximum Gasteiger partial charge on any atom is 0.341 e. The standard InChI is InChI=1S/C22H16Cl2O6/c1-28-21-10-13(2-8-20(21)29-12-22(26)27)18(25)7-4-15-5-9-19(30-15)16-11-14(23)3-6-17(16)24/h2-11H,12H2,1H3,(H,26,27)/b7-4+. The molecule has 1 aromatic heterocycles. The second kappa shape index (κ2) is 9.52. The van der Waals surface area contributed by atoms with Gasteiger partial charge in [-0.15, -0.1) is 0 Å². The molecule has 3 aromatic rings. The fourth-order valence-corrected chi connectivity index (χ4v) is 2.99. The summed E-state index contributed by atoms with van der Waals surface area (Å²) in [4.78, 5) is 23.1. The van der Waals surface area contributed by atoms with Crippen molar-refractivity contribution < 1.29 is 28.6 Å². The lowest BCUT2D eigenvalue weighted by atomic mass is 10.1. The van der Waals surface area contributed by atoms with Gasteiger partial charge in [0.2, 0.25) is 0 Å². The van der Waals surface area contributed by atoms with Crippen LogP contribution in [0.4, 0.5) is 0 Å². The Morgan fingerprint density at radius 3 is 2.60 bits per heavy atom.